The van der Waals surface area contributed by atoms with Gasteiger partial charge in [0.25, 0.3) is 0 Å². The SMILES string of the molecule is COc1cc(-c2nn(-c3ccccc3)cc2/C=C\C(=O)c2ccccc2)cc(OC)c1OC. The average molecular weight is 440 g/mol. The topological polar surface area (TPSA) is 62.6 Å². The molecule has 3 aromatic carbocycles. The van der Waals surface area contributed by atoms with Gasteiger partial charge in [0.1, 0.15) is 5.69 Å². The molecule has 0 aliphatic rings. The summed E-state index contributed by atoms with van der Waals surface area (Å²) >= 11 is 0. The van der Waals surface area contributed by atoms with Gasteiger partial charge in [-0.1, -0.05) is 48.5 Å². The van der Waals surface area contributed by atoms with Crippen LogP contribution in [0.25, 0.3) is 23.0 Å². The van der Waals surface area contributed by atoms with E-state index >= 15 is 0 Å². The predicted octanol–water partition coefficient (Wildman–Crippen LogP) is 5.46. The van der Waals surface area contributed by atoms with Crippen LogP contribution in [-0.4, -0.2) is 36.9 Å². The van der Waals surface area contributed by atoms with Crippen LogP contribution in [0.5, 0.6) is 17.2 Å². The number of rotatable bonds is 8. The lowest BCUT2D eigenvalue weighted by Gasteiger charge is -2.13. The summed E-state index contributed by atoms with van der Waals surface area (Å²) < 4.78 is 18.3. The third-order valence-corrected chi connectivity index (χ3v) is 5.17. The highest BCUT2D eigenvalue weighted by Crippen LogP contribution is 2.41. The van der Waals surface area contributed by atoms with Crippen LogP contribution in [0.2, 0.25) is 0 Å². The monoisotopic (exact) mass is 440 g/mol. The van der Waals surface area contributed by atoms with Gasteiger partial charge in [0.2, 0.25) is 5.75 Å². The number of benzene rings is 3. The van der Waals surface area contributed by atoms with Crippen molar-refractivity contribution in [3.05, 3.63) is 96.2 Å². The molecule has 0 amide bonds. The summed E-state index contributed by atoms with van der Waals surface area (Å²) in [6, 6.07) is 22.6. The van der Waals surface area contributed by atoms with Crippen LogP contribution in [0.1, 0.15) is 15.9 Å². The molecule has 6 nitrogen and oxygen atoms in total. The Morgan fingerprint density at radius 3 is 2.03 bits per heavy atom. The normalized spacial score (nSPS) is 10.9. The number of ketones is 1. The molecule has 4 aromatic rings. The number of carbonyl (C=O) groups excluding carboxylic acids is 1. The van der Waals surface area contributed by atoms with E-state index in [4.69, 9.17) is 19.3 Å². The lowest BCUT2D eigenvalue weighted by Crippen LogP contribution is -1.97. The van der Waals surface area contributed by atoms with E-state index in [2.05, 4.69) is 0 Å². The molecule has 1 heterocycles. The fourth-order valence-electron chi connectivity index (χ4n) is 3.53. The zero-order valence-electron chi connectivity index (χ0n) is 18.7. The number of hydrogen-bond donors (Lipinski definition) is 0. The van der Waals surface area contributed by atoms with Gasteiger partial charge < -0.3 is 14.2 Å². The summed E-state index contributed by atoms with van der Waals surface area (Å²) in [4.78, 5) is 12.7. The summed E-state index contributed by atoms with van der Waals surface area (Å²) in [5.74, 6) is 1.47. The smallest absolute Gasteiger partial charge is 0.203 e. The third kappa shape index (κ3) is 4.65. The fraction of sp³-hybridized carbons (Fsp3) is 0.111. The molecule has 0 unspecified atom stereocenters. The number of carbonyl (C=O) groups is 1. The molecule has 4 rings (SSSR count). The summed E-state index contributed by atoms with van der Waals surface area (Å²) in [5, 5.41) is 4.81. The molecule has 0 saturated heterocycles. The molecule has 0 bridgehead atoms. The molecule has 1 aromatic heterocycles. The molecule has 6 heteroatoms. The average Bonchev–Trinajstić information content (AvgIpc) is 3.31. The molecule has 0 spiro atoms. The Bertz CT molecular complexity index is 1250. The maximum absolute atomic E-state index is 12.7. The number of methoxy groups -OCH3 is 3. The van der Waals surface area contributed by atoms with Crippen molar-refractivity contribution in [3.63, 3.8) is 0 Å². The Hall–Kier alpha value is -4.32. The Morgan fingerprint density at radius 1 is 0.848 bits per heavy atom. The zero-order chi connectivity index (χ0) is 23.2. The van der Waals surface area contributed by atoms with Crippen LogP contribution < -0.4 is 14.2 Å². The highest BCUT2D eigenvalue weighted by molar-refractivity contribution is 6.07. The molecule has 0 fully saturated rings. The van der Waals surface area contributed by atoms with Gasteiger partial charge >= 0.3 is 0 Å². The number of ether oxygens (including phenoxy) is 3. The van der Waals surface area contributed by atoms with Gasteiger partial charge in [-0.3, -0.25) is 4.79 Å². The van der Waals surface area contributed by atoms with Gasteiger partial charge in [-0.05, 0) is 36.4 Å². The lowest BCUT2D eigenvalue weighted by molar-refractivity contribution is 0.104. The van der Waals surface area contributed by atoms with Crippen LogP contribution in [0.15, 0.2) is 85.1 Å². The minimum Gasteiger partial charge on any atom is -0.493 e. The van der Waals surface area contributed by atoms with E-state index in [1.165, 1.54) is 0 Å². The van der Waals surface area contributed by atoms with E-state index in [1.54, 1.807) is 50.3 Å². The Morgan fingerprint density at radius 2 is 1.45 bits per heavy atom. The molecule has 0 saturated carbocycles. The van der Waals surface area contributed by atoms with E-state index in [1.807, 2.05) is 66.9 Å². The number of hydrogen-bond acceptors (Lipinski definition) is 5. The van der Waals surface area contributed by atoms with Crippen LogP contribution in [0.3, 0.4) is 0 Å². The molecular weight excluding hydrogens is 416 g/mol. The molecule has 0 atom stereocenters. The quantitative estimate of drug-likeness (QED) is 0.269. The van der Waals surface area contributed by atoms with Gasteiger partial charge in [0, 0.05) is 22.9 Å². The largest absolute Gasteiger partial charge is 0.493 e. The predicted molar refractivity (Wildman–Crippen MR) is 128 cm³/mol. The highest BCUT2D eigenvalue weighted by atomic mass is 16.5. The van der Waals surface area contributed by atoms with Crippen molar-refractivity contribution in [3.8, 4) is 34.2 Å². The first-order valence-corrected chi connectivity index (χ1v) is 10.4. The molecule has 0 N–H and O–H groups in total. The van der Waals surface area contributed by atoms with E-state index in [0.29, 0.717) is 28.5 Å². The van der Waals surface area contributed by atoms with Crippen molar-refractivity contribution < 1.29 is 19.0 Å². The first-order chi connectivity index (χ1) is 16.1. The van der Waals surface area contributed by atoms with Crippen molar-refractivity contribution in [1.29, 1.82) is 0 Å². The van der Waals surface area contributed by atoms with Crippen molar-refractivity contribution >= 4 is 11.9 Å². The van der Waals surface area contributed by atoms with E-state index in [9.17, 15) is 4.79 Å². The Labute approximate surface area is 192 Å². The second-order valence-electron chi connectivity index (χ2n) is 7.19. The molecule has 166 valence electrons. The van der Waals surface area contributed by atoms with Gasteiger partial charge in [-0.15, -0.1) is 0 Å². The maximum atomic E-state index is 12.7. The standard InChI is InChI=1S/C27H24N2O4/c1-31-24-16-21(17-25(32-2)27(24)33-3)26-20(14-15-23(30)19-10-6-4-7-11-19)18-29(28-26)22-12-8-5-9-13-22/h4-18H,1-3H3/b15-14-. The molecule has 0 aliphatic carbocycles. The van der Waals surface area contributed by atoms with Crippen molar-refractivity contribution in [1.82, 2.24) is 9.78 Å². The Balaban J connectivity index is 1.82. The number of nitrogens with zero attached hydrogens (tertiary/aromatic N) is 2. The van der Waals surface area contributed by atoms with Crippen molar-refractivity contribution in [2.45, 2.75) is 0 Å². The molecule has 33 heavy (non-hydrogen) atoms. The third-order valence-electron chi connectivity index (χ3n) is 5.17. The number of para-hydroxylation sites is 1. The first-order valence-electron chi connectivity index (χ1n) is 10.4. The van der Waals surface area contributed by atoms with Crippen molar-refractivity contribution in [2.24, 2.45) is 0 Å². The van der Waals surface area contributed by atoms with Gasteiger partial charge in [0.05, 0.1) is 27.0 Å². The van der Waals surface area contributed by atoms with Crippen LogP contribution in [0, 0.1) is 0 Å². The Kier molecular flexibility index (Phi) is 6.55. The van der Waals surface area contributed by atoms with E-state index < -0.39 is 0 Å². The minimum absolute atomic E-state index is 0.0843. The summed E-state index contributed by atoms with van der Waals surface area (Å²) in [5.41, 5.74) is 3.75. The van der Waals surface area contributed by atoms with Gasteiger partial charge in [-0.2, -0.15) is 5.10 Å². The number of allylic oxidation sites excluding steroid dienone is 1. The van der Waals surface area contributed by atoms with E-state index in [0.717, 1.165) is 16.8 Å². The molecule has 0 radical (unpaired) electrons. The van der Waals surface area contributed by atoms with Crippen LogP contribution >= 0.6 is 0 Å². The summed E-state index contributed by atoms with van der Waals surface area (Å²) in [6.07, 6.45) is 5.23. The second-order valence-corrected chi connectivity index (χ2v) is 7.19. The number of aromatic nitrogens is 2. The molecular formula is C27H24N2O4. The fourth-order valence-corrected chi connectivity index (χ4v) is 3.53. The summed E-state index contributed by atoms with van der Waals surface area (Å²) in [7, 11) is 4.71. The molecule has 0 aliphatic heterocycles. The minimum atomic E-state index is -0.0843. The van der Waals surface area contributed by atoms with E-state index in [-0.39, 0.29) is 5.78 Å². The second kappa shape index (κ2) is 9.87. The summed E-state index contributed by atoms with van der Waals surface area (Å²) in [6.45, 7) is 0. The van der Waals surface area contributed by atoms with Crippen LogP contribution in [0.4, 0.5) is 0 Å². The van der Waals surface area contributed by atoms with Crippen molar-refractivity contribution in [2.75, 3.05) is 21.3 Å². The highest BCUT2D eigenvalue weighted by Gasteiger charge is 2.18. The van der Waals surface area contributed by atoms with Gasteiger partial charge in [-0.25, -0.2) is 4.68 Å². The van der Waals surface area contributed by atoms with Gasteiger partial charge in [0.15, 0.2) is 17.3 Å². The maximum Gasteiger partial charge on any atom is 0.203 e. The lowest BCUT2D eigenvalue weighted by atomic mass is 10.0. The first kappa shape index (κ1) is 21.9. The zero-order valence-corrected chi connectivity index (χ0v) is 18.7. The van der Waals surface area contributed by atoms with Crippen LogP contribution in [-0.2, 0) is 0 Å².